The Morgan fingerprint density at radius 1 is 0.839 bits per heavy atom. The molecule has 2 fully saturated rings. The maximum Gasteiger partial charge on any atom is 0.254 e. The maximum atomic E-state index is 14.1. The van der Waals surface area contributed by atoms with Crippen molar-refractivity contribution in [2.45, 2.75) is 25.2 Å². The molecule has 0 bridgehead atoms. The largest absolute Gasteiger partial charge is 0.338 e. The third-order valence-electron chi connectivity index (χ3n) is 7.05. The van der Waals surface area contributed by atoms with Gasteiger partial charge in [-0.3, -0.25) is 4.79 Å². The van der Waals surface area contributed by atoms with E-state index in [0.717, 1.165) is 39.1 Å². The molecule has 0 aromatic heterocycles. The normalized spacial score (nSPS) is 20.4. The van der Waals surface area contributed by atoms with E-state index < -0.39 is 0 Å². The summed E-state index contributed by atoms with van der Waals surface area (Å²) in [5.41, 5.74) is 2.08. The molecule has 0 aliphatic carbocycles. The maximum absolute atomic E-state index is 14.1. The van der Waals surface area contributed by atoms with Gasteiger partial charge in [0.15, 0.2) is 0 Å². The number of fused-ring (bicyclic) bond motifs is 1. The molecule has 2 saturated heterocycles. The molecule has 5 rings (SSSR count). The summed E-state index contributed by atoms with van der Waals surface area (Å²) in [6.07, 6.45) is 3.46. The van der Waals surface area contributed by atoms with Gasteiger partial charge < -0.3 is 9.80 Å². The molecule has 0 unspecified atom stereocenters. The first-order valence-electron chi connectivity index (χ1n) is 11.4. The average Bonchev–Trinajstić information content (AvgIpc) is 3.29. The number of hydrogen-bond donors (Lipinski definition) is 0. The van der Waals surface area contributed by atoms with E-state index in [9.17, 15) is 9.18 Å². The van der Waals surface area contributed by atoms with Gasteiger partial charge in [0.2, 0.25) is 0 Å². The molecular formula is C27H29FN2O. The second-order valence-corrected chi connectivity index (χ2v) is 9.03. The van der Waals surface area contributed by atoms with Crippen molar-refractivity contribution in [3.05, 3.63) is 83.7 Å². The minimum Gasteiger partial charge on any atom is -0.338 e. The van der Waals surface area contributed by atoms with Crippen molar-refractivity contribution in [1.82, 2.24) is 9.80 Å². The summed E-state index contributed by atoms with van der Waals surface area (Å²) in [5, 5.41) is 1.23. The predicted molar refractivity (Wildman–Crippen MR) is 123 cm³/mol. The number of hydrogen-bond acceptors (Lipinski definition) is 2. The Morgan fingerprint density at radius 3 is 2.32 bits per heavy atom. The highest BCUT2D eigenvalue weighted by Crippen LogP contribution is 2.30. The Balaban J connectivity index is 1.19. The zero-order valence-corrected chi connectivity index (χ0v) is 17.8. The van der Waals surface area contributed by atoms with Gasteiger partial charge in [0.25, 0.3) is 5.91 Å². The van der Waals surface area contributed by atoms with Crippen LogP contribution in [0.15, 0.2) is 66.7 Å². The molecular weight excluding hydrogens is 387 g/mol. The smallest absolute Gasteiger partial charge is 0.254 e. The number of benzene rings is 3. The Bertz CT molecular complexity index is 1060. The van der Waals surface area contributed by atoms with Crippen molar-refractivity contribution in [1.29, 1.82) is 0 Å². The van der Waals surface area contributed by atoms with Gasteiger partial charge >= 0.3 is 0 Å². The lowest BCUT2D eigenvalue weighted by atomic mass is 9.89. The summed E-state index contributed by atoms with van der Waals surface area (Å²) in [4.78, 5) is 17.7. The van der Waals surface area contributed by atoms with Crippen molar-refractivity contribution in [2.24, 2.45) is 5.92 Å². The minimum absolute atomic E-state index is 0.0292. The van der Waals surface area contributed by atoms with E-state index in [1.807, 2.05) is 23.1 Å². The Labute approximate surface area is 183 Å². The van der Waals surface area contributed by atoms with E-state index in [4.69, 9.17) is 0 Å². The molecule has 0 radical (unpaired) electrons. The van der Waals surface area contributed by atoms with Gasteiger partial charge in [0.05, 0.1) is 0 Å². The summed E-state index contributed by atoms with van der Waals surface area (Å²) < 4.78 is 14.1. The van der Waals surface area contributed by atoms with Gasteiger partial charge in [-0.25, -0.2) is 4.39 Å². The van der Waals surface area contributed by atoms with Crippen LogP contribution in [0.2, 0.25) is 0 Å². The van der Waals surface area contributed by atoms with E-state index in [1.165, 1.54) is 24.5 Å². The summed E-state index contributed by atoms with van der Waals surface area (Å²) in [5.74, 6) is 0.946. The third-order valence-corrected chi connectivity index (χ3v) is 7.05. The monoisotopic (exact) mass is 416 g/mol. The first-order valence-corrected chi connectivity index (χ1v) is 11.4. The molecule has 3 aromatic rings. The van der Waals surface area contributed by atoms with Crippen molar-refractivity contribution < 1.29 is 9.18 Å². The molecule has 3 nitrogen and oxygen atoms in total. The molecule has 0 spiro atoms. The predicted octanol–water partition coefficient (Wildman–Crippen LogP) is 5.32. The minimum atomic E-state index is -0.273. The Hall–Kier alpha value is -2.72. The van der Waals surface area contributed by atoms with Crippen LogP contribution >= 0.6 is 0 Å². The van der Waals surface area contributed by atoms with Crippen LogP contribution in [-0.2, 0) is 0 Å². The molecule has 1 amide bonds. The standard InChI is InChI=1S/C27H29FN2O/c28-26-11-10-25(23-8-4-5-9-24(23)26)27(31)30-17-12-20(19-30)18-29-15-13-22(14-16-29)21-6-2-1-3-7-21/h1-11,20,22H,12-19H2/t20-/m1/s1. The molecule has 1 atom stereocenters. The summed E-state index contributed by atoms with van der Waals surface area (Å²) in [6.45, 7) is 4.91. The molecule has 3 aromatic carbocycles. The molecule has 0 saturated carbocycles. The highest BCUT2D eigenvalue weighted by atomic mass is 19.1. The first kappa shape index (κ1) is 20.2. The van der Waals surface area contributed by atoms with Gasteiger partial charge in [-0.2, -0.15) is 0 Å². The van der Waals surface area contributed by atoms with Crippen LogP contribution in [0.1, 0.15) is 41.1 Å². The van der Waals surface area contributed by atoms with E-state index in [1.54, 1.807) is 12.1 Å². The lowest BCUT2D eigenvalue weighted by Gasteiger charge is -2.33. The Kier molecular flexibility index (Phi) is 5.73. The molecule has 4 heteroatoms. The summed E-state index contributed by atoms with van der Waals surface area (Å²) in [7, 11) is 0. The van der Waals surface area contributed by atoms with Crippen LogP contribution in [0.4, 0.5) is 4.39 Å². The van der Waals surface area contributed by atoms with Gasteiger partial charge in [-0.05, 0) is 67.3 Å². The topological polar surface area (TPSA) is 23.6 Å². The van der Waals surface area contributed by atoms with E-state index in [-0.39, 0.29) is 11.7 Å². The number of likely N-dealkylation sites (tertiary alicyclic amines) is 2. The van der Waals surface area contributed by atoms with Gasteiger partial charge in [-0.15, -0.1) is 0 Å². The SMILES string of the molecule is O=C(c1ccc(F)c2ccccc12)N1CC[C@H](CN2CCC(c3ccccc3)CC2)C1. The summed E-state index contributed by atoms with van der Waals surface area (Å²) >= 11 is 0. The number of halogens is 1. The lowest BCUT2D eigenvalue weighted by Crippen LogP contribution is -2.37. The molecule has 2 aliphatic heterocycles. The fourth-order valence-electron chi connectivity index (χ4n) is 5.32. The third kappa shape index (κ3) is 4.22. The van der Waals surface area contributed by atoms with Crippen LogP contribution < -0.4 is 0 Å². The number of amides is 1. The van der Waals surface area contributed by atoms with E-state index in [0.29, 0.717) is 28.2 Å². The van der Waals surface area contributed by atoms with Crippen LogP contribution in [0.3, 0.4) is 0 Å². The highest BCUT2D eigenvalue weighted by molar-refractivity contribution is 6.07. The number of carbonyl (C=O) groups is 1. The number of nitrogens with zero attached hydrogens (tertiary/aromatic N) is 2. The van der Waals surface area contributed by atoms with Crippen molar-refractivity contribution >= 4 is 16.7 Å². The fraction of sp³-hybridized carbons (Fsp3) is 0.370. The lowest BCUT2D eigenvalue weighted by molar-refractivity contribution is 0.0784. The van der Waals surface area contributed by atoms with E-state index in [2.05, 4.69) is 35.2 Å². The zero-order valence-electron chi connectivity index (χ0n) is 17.8. The average molecular weight is 417 g/mol. The molecule has 31 heavy (non-hydrogen) atoms. The van der Waals surface area contributed by atoms with Crippen LogP contribution in [0.5, 0.6) is 0 Å². The fourth-order valence-corrected chi connectivity index (χ4v) is 5.32. The number of carbonyl (C=O) groups excluding carboxylic acids is 1. The van der Waals surface area contributed by atoms with Crippen molar-refractivity contribution in [3.63, 3.8) is 0 Å². The van der Waals surface area contributed by atoms with Crippen molar-refractivity contribution in [3.8, 4) is 0 Å². The molecule has 2 aliphatic rings. The van der Waals surface area contributed by atoms with Gasteiger partial charge in [-0.1, -0.05) is 54.6 Å². The number of rotatable bonds is 4. The molecule has 0 N–H and O–H groups in total. The Morgan fingerprint density at radius 2 is 1.55 bits per heavy atom. The van der Waals surface area contributed by atoms with Crippen molar-refractivity contribution in [2.75, 3.05) is 32.7 Å². The second kappa shape index (κ2) is 8.80. The quantitative estimate of drug-likeness (QED) is 0.575. The van der Waals surface area contributed by atoms with Gasteiger partial charge in [0.1, 0.15) is 5.82 Å². The van der Waals surface area contributed by atoms with Crippen LogP contribution in [-0.4, -0.2) is 48.4 Å². The molecule has 2 heterocycles. The first-order chi connectivity index (χ1) is 15.2. The summed E-state index contributed by atoms with van der Waals surface area (Å²) in [6, 6.07) is 21.2. The van der Waals surface area contributed by atoms with E-state index >= 15 is 0 Å². The second-order valence-electron chi connectivity index (χ2n) is 9.03. The zero-order chi connectivity index (χ0) is 21.2. The van der Waals surface area contributed by atoms with Crippen LogP contribution in [0, 0.1) is 11.7 Å². The van der Waals surface area contributed by atoms with Gasteiger partial charge in [0, 0.05) is 30.6 Å². The van der Waals surface area contributed by atoms with Crippen LogP contribution in [0.25, 0.3) is 10.8 Å². The number of piperidine rings is 1. The highest BCUT2D eigenvalue weighted by Gasteiger charge is 2.30. The molecule has 160 valence electrons.